The van der Waals surface area contributed by atoms with Crippen molar-refractivity contribution >= 4 is 96.9 Å². The third kappa shape index (κ3) is 4.87. The zero-order chi connectivity index (χ0) is 38.6. The van der Waals surface area contributed by atoms with Crippen molar-refractivity contribution in [1.29, 1.82) is 0 Å². The van der Waals surface area contributed by atoms with E-state index in [1.165, 1.54) is 25.6 Å². The smallest absolute Gasteiger partial charge is 0.164 e. The van der Waals surface area contributed by atoms with E-state index in [9.17, 15) is 0 Å². The van der Waals surface area contributed by atoms with Crippen LogP contribution in [0.4, 0.5) is 0 Å². The topological polar surface area (TPSA) is 65.0 Å². The van der Waals surface area contributed by atoms with Crippen molar-refractivity contribution in [2.45, 2.75) is 0 Å². The predicted octanol–water partition coefficient (Wildman–Crippen LogP) is 15.0. The molecule has 13 rings (SSSR count). The van der Waals surface area contributed by atoms with Gasteiger partial charge in [0.25, 0.3) is 0 Å². The van der Waals surface area contributed by atoms with Gasteiger partial charge >= 0.3 is 0 Å². The Labute approximate surface area is 340 Å². The van der Waals surface area contributed by atoms with Crippen LogP contribution in [0.3, 0.4) is 0 Å². The molecule has 0 unspecified atom stereocenters. The lowest BCUT2D eigenvalue weighted by atomic mass is 9.92. The summed E-state index contributed by atoms with van der Waals surface area (Å²) in [7, 11) is 0. The number of rotatable bonds is 4. The Hall–Kier alpha value is -7.67. The Morgan fingerprint density at radius 2 is 0.847 bits per heavy atom. The quantitative estimate of drug-likeness (QED) is 0.178. The van der Waals surface area contributed by atoms with Gasteiger partial charge in [0.2, 0.25) is 0 Å². The number of fused-ring (bicyclic) bond motifs is 12. The Bertz CT molecular complexity index is 3740. The first kappa shape index (κ1) is 32.4. The maximum atomic E-state index is 6.34. The van der Waals surface area contributed by atoms with Gasteiger partial charge in [0, 0.05) is 58.4 Å². The Kier molecular flexibility index (Phi) is 6.82. The van der Waals surface area contributed by atoms with Gasteiger partial charge in [-0.25, -0.2) is 15.0 Å². The summed E-state index contributed by atoms with van der Waals surface area (Å²) < 4.78 is 15.1. The molecule has 0 radical (unpaired) electrons. The SMILES string of the molecule is c1ccc2c(c1)oc1cccc(-c3nc(-c4ccc(-c5ccc6ccc7oc8ccccc8c7c6c5)c5ccccc45)nc(-c4cccc5sc6ccccc6c45)n3)c12. The standard InChI is InChI=1S/C53H29N3O2S/c1-2-12-34-33(11-1)32(31-24-23-30-25-28-45-49(41(30)29-31)37-14-4-7-19-43(37)58-45)26-27-35(34)51-54-52(39-16-9-20-44-48(39)36-13-3-6-18-42(36)57-44)56-53(55-51)40-17-10-22-47-50(40)38-15-5-8-21-46(38)59-47/h1-29H. The molecule has 0 fully saturated rings. The van der Waals surface area contributed by atoms with Crippen molar-refractivity contribution in [3.63, 3.8) is 0 Å². The van der Waals surface area contributed by atoms with Gasteiger partial charge in [-0.2, -0.15) is 0 Å². The van der Waals surface area contributed by atoms with E-state index < -0.39 is 0 Å². The van der Waals surface area contributed by atoms with Gasteiger partial charge in [-0.05, 0) is 81.2 Å². The molecule has 0 aliphatic carbocycles. The van der Waals surface area contributed by atoms with E-state index >= 15 is 0 Å². The van der Waals surface area contributed by atoms with E-state index in [0.717, 1.165) is 87.9 Å². The fourth-order valence-corrected chi connectivity index (χ4v) is 10.2. The first-order valence-electron chi connectivity index (χ1n) is 19.7. The second-order valence-electron chi connectivity index (χ2n) is 15.0. The van der Waals surface area contributed by atoms with Gasteiger partial charge in [0.15, 0.2) is 17.5 Å². The number of hydrogen-bond acceptors (Lipinski definition) is 6. The Balaban J connectivity index is 1.06. The van der Waals surface area contributed by atoms with Crippen LogP contribution >= 0.6 is 11.3 Å². The van der Waals surface area contributed by atoms with Crippen molar-refractivity contribution in [2.24, 2.45) is 0 Å². The minimum atomic E-state index is 0.595. The molecule has 13 aromatic rings. The summed E-state index contributed by atoms with van der Waals surface area (Å²) in [5.41, 5.74) is 8.48. The molecule has 0 atom stereocenters. The molecule has 0 saturated carbocycles. The van der Waals surface area contributed by atoms with Gasteiger partial charge in [-0.3, -0.25) is 0 Å². The van der Waals surface area contributed by atoms with Crippen LogP contribution in [0.5, 0.6) is 0 Å². The average Bonchev–Trinajstić information content (AvgIpc) is 4.00. The third-order valence-electron chi connectivity index (χ3n) is 11.8. The van der Waals surface area contributed by atoms with E-state index in [-0.39, 0.29) is 0 Å². The number of hydrogen-bond donors (Lipinski definition) is 0. The first-order chi connectivity index (χ1) is 29.2. The van der Waals surface area contributed by atoms with Crippen LogP contribution in [-0.4, -0.2) is 15.0 Å². The maximum absolute atomic E-state index is 6.34. The zero-order valence-corrected chi connectivity index (χ0v) is 32.1. The first-order valence-corrected chi connectivity index (χ1v) is 20.5. The lowest BCUT2D eigenvalue weighted by Crippen LogP contribution is -2.01. The molecule has 4 heterocycles. The second kappa shape index (κ2) is 12.4. The molecule has 59 heavy (non-hydrogen) atoms. The van der Waals surface area contributed by atoms with E-state index in [4.69, 9.17) is 23.8 Å². The molecule has 4 aromatic heterocycles. The molecule has 0 aliphatic heterocycles. The molecule has 0 amide bonds. The van der Waals surface area contributed by atoms with Crippen molar-refractivity contribution < 1.29 is 8.83 Å². The highest BCUT2D eigenvalue weighted by atomic mass is 32.1. The maximum Gasteiger partial charge on any atom is 0.164 e. The largest absolute Gasteiger partial charge is 0.456 e. The van der Waals surface area contributed by atoms with Gasteiger partial charge in [-0.1, -0.05) is 127 Å². The molecular weight excluding hydrogens is 743 g/mol. The molecule has 0 N–H and O–H groups in total. The molecule has 0 aliphatic rings. The number of aromatic nitrogens is 3. The number of nitrogens with zero attached hydrogens (tertiary/aromatic N) is 3. The summed E-state index contributed by atoms with van der Waals surface area (Å²) >= 11 is 1.79. The van der Waals surface area contributed by atoms with Crippen LogP contribution < -0.4 is 0 Å². The van der Waals surface area contributed by atoms with Crippen LogP contribution in [-0.2, 0) is 0 Å². The lowest BCUT2D eigenvalue weighted by Gasteiger charge is -2.14. The van der Waals surface area contributed by atoms with Gasteiger partial charge in [-0.15, -0.1) is 11.3 Å². The van der Waals surface area contributed by atoms with Crippen molar-refractivity contribution in [1.82, 2.24) is 15.0 Å². The normalized spacial score (nSPS) is 12.1. The molecule has 0 spiro atoms. The van der Waals surface area contributed by atoms with E-state index in [1.807, 2.05) is 42.5 Å². The molecule has 5 nitrogen and oxygen atoms in total. The summed E-state index contributed by atoms with van der Waals surface area (Å²) in [5, 5.41) is 11.1. The molecule has 9 aromatic carbocycles. The predicted molar refractivity (Wildman–Crippen MR) is 244 cm³/mol. The number of para-hydroxylation sites is 2. The summed E-state index contributed by atoms with van der Waals surface area (Å²) in [4.78, 5) is 16.0. The lowest BCUT2D eigenvalue weighted by molar-refractivity contribution is 0.668. The molecule has 0 saturated heterocycles. The van der Waals surface area contributed by atoms with Crippen LogP contribution in [0.15, 0.2) is 185 Å². The summed E-state index contributed by atoms with van der Waals surface area (Å²) in [6, 6.07) is 61.5. The minimum absolute atomic E-state index is 0.595. The third-order valence-corrected chi connectivity index (χ3v) is 12.9. The number of benzene rings is 9. The van der Waals surface area contributed by atoms with Crippen molar-refractivity contribution in [3.05, 3.63) is 176 Å². The van der Waals surface area contributed by atoms with Crippen LogP contribution in [0.1, 0.15) is 0 Å². The monoisotopic (exact) mass is 771 g/mol. The van der Waals surface area contributed by atoms with Gasteiger partial charge in [0.05, 0.1) is 0 Å². The van der Waals surface area contributed by atoms with E-state index in [1.54, 1.807) is 11.3 Å². The van der Waals surface area contributed by atoms with Crippen molar-refractivity contribution in [2.75, 3.05) is 0 Å². The van der Waals surface area contributed by atoms with Crippen molar-refractivity contribution in [3.8, 4) is 45.3 Å². The fourth-order valence-electron chi connectivity index (χ4n) is 9.12. The Morgan fingerprint density at radius 3 is 1.61 bits per heavy atom. The summed E-state index contributed by atoms with van der Waals surface area (Å²) in [6.45, 7) is 0. The highest BCUT2D eigenvalue weighted by molar-refractivity contribution is 7.25. The highest BCUT2D eigenvalue weighted by Gasteiger charge is 2.21. The number of furan rings is 2. The van der Waals surface area contributed by atoms with Gasteiger partial charge in [0.1, 0.15) is 22.3 Å². The Morgan fingerprint density at radius 1 is 0.322 bits per heavy atom. The molecule has 0 bridgehead atoms. The van der Waals surface area contributed by atoms with Gasteiger partial charge < -0.3 is 8.83 Å². The summed E-state index contributed by atoms with van der Waals surface area (Å²) in [6.07, 6.45) is 0. The van der Waals surface area contributed by atoms with Crippen LogP contribution in [0, 0.1) is 0 Å². The minimum Gasteiger partial charge on any atom is -0.456 e. The molecular formula is C53H29N3O2S. The molecule has 6 heteroatoms. The van der Waals surface area contributed by atoms with Crippen LogP contribution in [0.25, 0.3) is 131 Å². The average molecular weight is 772 g/mol. The summed E-state index contributed by atoms with van der Waals surface area (Å²) in [5.74, 6) is 1.83. The zero-order valence-electron chi connectivity index (χ0n) is 31.3. The molecule has 274 valence electrons. The highest BCUT2D eigenvalue weighted by Crippen LogP contribution is 2.43. The van der Waals surface area contributed by atoms with Crippen LogP contribution in [0.2, 0.25) is 0 Å². The van der Waals surface area contributed by atoms with E-state index in [0.29, 0.717) is 17.5 Å². The number of thiophene rings is 1. The van der Waals surface area contributed by atoms with E-state index in [2.05, 4.69) is 133 Å². The second-order valence-corrected chi connectivity index (χ2v) is 16.1. The fraction of sp³-hybridized carbons (Fsp3) is 0.